The number of nitrogens with zero attached hydrogens (tertiary/aromatic N) is 1. The zero-order valence-corrected chi connectivity index (χ0v) is 12.2. The molecule has 1 nitrogen and oxygen atoms in total. The Labute approximate surface area is 121 Å². The predicted octanol–water partition coefficient (Wildman–Crippen LogP) is 4.54. The summed E-state index contributed by atoms with van der Waals surface area (Å²) in [5.41, 5.74) is -0.215. The summed E-state index contributed by atoms with van der Waals surface area (Å²) in [5.74, 6) is 0.451. The third-order valence-corrected chi connectivity index (χ3v) is 3.87. The Balaban J connectivity index is 2.91. The molecule has 0 aromatic heterocycles. The van der Waals surface area contributed by atoms with Gasteiger partial charge in [-0.3, -0.25) is 0 Å². The van der Waals surface area contributed by atoms with Crippen molar-refractivity contribution in [1.82, 2.24) is 4.90 Å². The highest BCUT2D eigenvalue weighted by Crippen LogP contribution is 2.33. The highest BCUT2D eigenvalue weighted by atomic mass is 35.5. The number of hydrogen-bond acceptors (Lipinski definition) is 1. The molecule has 1 aromatic carbocycles. The van der Waals surface area contributed by atoms with Crippen LogP contribution in [0.3, 0.4) is 0 Å². The summed E-state index contributed by atoms with van der Waals surface area (Å²) in [6.45, 7) is 2.50. The Kier molecular flexibility index (Phi) is 5.96. The van der Waals surface area contributed by atoms with Crippen LogP contribution in [0.15, 0.2) is 24.3 Å². The van der Waals surface area contributed by atoms with Gasteiger partial charge in [0.15, 0.2) is 0 Å². The van der Waals surface area contributed by atoms with Gasteiger partial charge in [-0.2, -0.15) is 13.2 Å². The molecule has 0 aliphatic heterocycles. The zero-order chi connectivity index (χ0) is 14.6. The van der Waals surface area contributed by atoms with Crippen molar-refractivity contribution in [3.8, 4) is 0 Å². The monoisotopic (exact) mass is 313 g/mol. The van der Waals surface area contributed by atoms with Crippen LogP contribution in [0, 0.1) is 0 Å². The van der Waals surface area contributed by atoms with E-state index in [9.17, 15) is 13.2 Å². The van der Waals surface area contributed by atoms with Crippen molar-refractivity contribution in [3.05, 3.63) is 35.4 Å². The maximum Gasteiger partial charge on any atom is 0.416 e. The highest BCUT2D eigenvalue weighted by Gasteiger charge is 2.31. The largest absolute Gasteiger partial charge is 0.416 e. The van der Waals surface area contributed by atoms with Crippen LogP contribution in [0.5, 0.6) is 0 Å². The second-order valence-electron chi connectivity index (χ2n) is 4.44. The van der Waals surface area contributed by atoms with Crippen LogP contribution in [0.2, 0.25) is 0 Å². The summed E-state index contributed by atoms with van der Waals surface area (Å²) in [6.07, 6.45) is -4.35. The van der Waals surface area contributed by atoms with Gasteiger partial charge in [-0.25, -0.2) is 0 Å². The van der Waals surface area contributed by atoms with Crippen LogP contribution in [0.1, 0.15) is 23.4 Å². The quantitative estimate of drug-likeness (QED) is 0.721. The normalized spacial score (nSPS) is 15.6. The van der Waals surface area contributed by atoms with Crippen molar-refractivity contribution < 1.29 is 13.2 Å². The second kappa shape index (κ2) is 6.82. The molecule has 0 spiro atoms. The lowest BCUT2D eigenvalue weighted by molar-refractivity contribution is -0.137. The maximum atomic E-state index is 12.6. The van der Waals surface area contributed by atoms with E-state index in [2.05, 4.69) is 0 Å². The lowest BCUT2D eigenvalue weighted by Gasteiger charge is -2.28. The molecule has 0 fully saturated rings. The SMILES string of the molecule is C[C@@H]([C@H](Cl)c1cccc(C(F)(F)F)c1)N(C)CCCl. The fraction of sp³-hybridized carbons (Fsp3) is 0.538. The van der Waals surface area contributed by atoms with Crippen LogP contribution in [0.25, 0.3) is 0 Å². The first-order valence-electron chi connectivity index (χ1n) is 5.84. The second-order valence-corrected chi connectivity index (χ2v) is 5.28. The minimum atomic E-state index is -4.35. The van der Waals surface area contributed by atoms with Crippen molar-refractivity contribution >= 4 is 23.2 Å². The van der Waals surface area contributed by atoms with E-state index >= 15 is 0 Å². The topological polar surface area (TPSA) is 3.24 Å². The van der Waals surface area contributed by atoms with Crippen LogP contribution < -0.4 is 0 Å². The summed E-state index contributed by atoms with van der Waals surface area (Å²) in [5, 5.41) is -0.518. The number of benzene rings is 1. The van der Waals surface area contributed by atoms with E-state index in [0.29, 0.717) is 18.0 Å². The van der Waals surface area contributed by atoms with E-state index in [1.54, 1.807) is 6.07 Å². The molecule has 0 heterocycles. The van der Waals surface area contributed by atoms with E-state index < -0.39 is 17.1 Å². The van der Waals surface area contributed by atoms with Crippen LogP contribution in [-0.4, -0.2) is 30.4 Å². The van der Waals surface area contributed by atoms with E-state index in [-0.39, 0.29) is 6.04 Å². The first-order valence-corrected chi connectivity index (χ1v) is 6.82. The fourth-order valence-corrected chi connectivity index (χ4v) is 2.32. The minimum Gasteiger partial charge on any atom is -0.301 e. The Morgan fingerprint density at radius 3 is 2.47 bits per heavy atom. The molecule has 108 valence electrons. The molecule has 0 unspecified atom stereocenters. The third-order valence-electron chi connectivity index (χ3n) is 3.09. The average molecular weight is 314 g/mol. The van der Waals surface area contributed by atoms with Gasteiger partial charge in [0.05, 0.1) is 10.9 Å². The van der Waals surface area contributed by atoms with Gasteiger partial charge in [0.25, 0.3) is 0 Å². The number of halogens is 5. The first kappa shape index (κ1) is 16.6. The number of hydrogen-bond donors (Lipinski definition) is 0. The van der Waals surface area contributed by atoms with Crippen LogP contribution in [0.4, 0.5) is 13.2 Å². The molecule has 0 N–H and O–H groups in total. The van der Waals surface area contributed by atoms with Gasteiger partial charge >= 0.3 is 6.18 Å². The molecule has 2 atom stereocenters. The molecular weight excluding hydrogens is 298 g/mol. The smallest absolute Gasteiger partial charge is 0.301 e. The molecule has 1 aromatic rings. The lowest BCUT2D eigenvalue weighted by Crippen LogP contribution is -2.34. The molecule has 0 amide bonds. The molecule has 0 radical (unpaired) electrons. The van der Waals surface area contributed by atoms with Gasteiger partial charge in [0.1, 0.15) is 0 Å². The molecule has 1 rings (SSSR count). The van der Waals surface area contributed by atoms with Crippen molar-refractivity contribution in [3.63, 3.8) is 0 Å². The summed E-state index contributed by atoms with van der Waals surface area (Å²) in [7, 11) is 1.84. The van der Waals surface area contributed by atoms with Gasteiger partial charge in [0.2, 0.25) is 0 Å². The Bertz CT molecular complexity index is 409. The van der Waals surface area contributed by atoms with Gasteiger partial charge in [0, 0.05) is 18.5 Å². The average Bonchev–Trinajstić information content (AvgIpc) is 2.36. The molecular formula is C13H16Cl2F3N. The Morgan fingerprint density at radius 2 is 1.95 bits per heavy atom. The van der Waals surface area contributed by atoms with Gasteiger partial charge in [-0.1, -0.05) is 18.2 Å². The van der Waals surface area contributed by atoms with Crippen molar-refractivity contribution in [1.29, 1.82) is 0 Å². The molecule has 0 aliphatic rings. The molecule has 0 aliphatic carbocycles. The summed E-state index contributed by atoms with van der Waals surface area (Å²) in [6, 6.07) is 5.02. The minimum absolute atomic E-state index is 0.107. The van der Waals surface area contributed by atoms with E-state index in [1.807, 2.05) is 18.9 Å². The van der Waals surface area contributed by atoms with E-state index in [4.69, 9.17) is 23.2 Å². The maximum absolute atomic E-state index is 12.6. The van der Waals surface area contributed by atoms with Crippen molar-refractivity contribution in [2.75, 3.05) is 19.5 Å². The van der Waals surface area contributed by atoms with Gasteiger partial charge in [-0.15, -0.1) is 23.2 Å². The highest BCUT2D eigenvalue weighted by molar-refractivity contribution is 6.21. The lowest BCUT2D eigenvalue weighted by atomic mass is 10.0. The number of rotatable bonds is 5. The summed E-state index contributed by atoms with van der Waals surface area (Å²) >= 11 is 11.9. The van der Waals surface area contributed by atoms with E-state index in [1.165, 1.54) is 6.07 Å². The fourth-order valence-electron chi connectivity index (χ4n) is 1.73. The Hall–Kier alpha value is -0.450. The molecule has 0 saturated heterocycles. The van der Waals surface area contributed by atoms with Gasteiger partial charge in [-0.05, 0) is 25.6 Å². The zero-order valence-electron chi connectivity index (χ0n) is 10.7. The summed E-state index contributed by atoms with van der Waals surface area (Å²) < 4.78 is 37.9. The standard InChI is InChI=1S/C13H16Cl2F3N/c1-9(19(2)7-6-14)12(15)10-4-3-5-11(8-10)13(16,17)18/h3-5,8-9,12H,6-7H2,1-2H3/t9-,12-/m0/s1. The van der Waals surface area contributed by atoms with E-state index in [0.717, 1.165) is 12.1 Å². The van der Waals surface area contributed by atoms with Crippen molar-refractivity contribution in [2.24, 2.45) is 0 Å². The molecule has 0 saturated carbocycles. The predicted molar refractivity (Wildman–Crippen MR) is 72.9 cm³/mol. The van der Waals surface area contributed by atoms with Crippen molar-refractivity contribution in [2.45, 2.75) is 24.5 Å². The number of likely N-dealkylation sites (N-methyl/N-ethyl adjacent to an activating group) is 1. The number of alkyl halides is 5. The Morgan fingerprint density at radius 1 is 1.32 bits per heavy atom. The summed E-state index contributed by atoms with van der Waals surface area (Å²) in [4.78, 5) is 1.92. The molecule has 19 heavy (non-hydrogen) atoms. The first-order chi connectivity index (χ1) is 8.77. The third kappa shape index (κ3) is 4.55. The van der Waals surface area contributed by atoms with Gasteiger partial charge < -0.3 is 4.90 Å². The van der Waals surface area contributed by atoms with Crippen LogP contribution >= 0.6 is 23.2 Å². The molecule has 6 heteroatoms. The van der Waals surface area contributed by atoms with Crippen LogP contribution in [-0.2, 0) is 6.18 Å². The molecule has 0 bridgehead atoms.